The van der Waals surface area contributed by atoms with Crippen molar-refractivity contribution in [3.63, 3.8) is 0 Å². The first-order valence-corrected chi connectivity index (χ1v) is 4.04. The van der Waals surface area contributed by atoms with Crippen LogP contribution in [-0.4, -0.2) is 15.3 Å². The molecule has 0 atom stereocenters. The van der Waals surface area contributed by atoms with Gasteiger partial charge >= 0.3 is 0 Å². The molecule has 0 aliphatic rings. The number of nitrogens with zero attached hydrogens (tertiary/aromatic N) is 2. The Kier molecular flexibility index (Phi) is 1.80. The fraction of sp³-hybridized carbons (Fsp3) is 0. The highest BCUT2D eigenvalue weighted by molar-refractivity contribution is 7.79. The summed E-state index contributed by atoms with van der Waals surface area (Å²) in [6.07, 6.45) is 1.78. The van der Waals surface area contributed by atoms with Gasteiger partial charge in [0, 0.05) is 17.0 Å². The monoisotopic (exact) mass is 174 g/mol. The van der Waals surface area contributed by atoms with E-state index in [1.54, 1.807) is 6.20 Å². The Hall–Kier alpha value is -1.35. The molecule has 0 bridgehead atoms. The van der Waals surface area contributed by atoms with Crippen molar-refractivity contribution in [2.45, 2.75) is 0 Å². The molecule has 0 saturated heterocycles. The zero-order valence-corrected chi connectivity index (χ0v) is 7.08. The van der Waals surface area contributed by atoms with Gasteiger partial charge in [-0.1, -0.05) is 30.4 Å². The molecular weight excluding hydrogens is 168 g/mol. The molecule has 0 amide bonds. The van der Waals surface area contributed by atoms with Gasteiger partial charge in [0.1, 0.15) is 0 Å². The van der Waals surface area contributed by atoms with E-state index in [0.717, 1.165) is 10.9 Å². The average molecular weight is 174 g/mol. The maximum absolute atomic E-state index is 4.73. The van der Waals surface area contributed by atoms with Crippen molar-refractivity contribution in [3.05, 3.63) is 36.3 Å². The largest absolute Gasteiger partial charge is 0.236 e. The van der Waals surface area contributed by atoms with Crippen LogP contribution in [0.15, 0.2) is 30.5 Å². The third-order valence-electron chi connectivity index (χ3n) is 1.61. The number of hydrogen-bond acceptors (Lipinski definition) is 3. The first-order chi connectivity index (χ1) is 5.90. The second-order valence-corrected chi connectivity index (χ2v) is 2.64. The van der Waals surface area contributed by atoms with Gasteiger partial charge < -0.3 is 0 Å². The zero-order valence-electron chi connectivity index (χ0n) is 6.27. The van der Waals surface area contributed by atoms with E-state index in [1.165, 1.54) is 5.37 Å². The summed E-state index contributed by atoms with van der Waals surface area (Å²) in [5.41, 5.74) is 0.934. The van der Waals surface area contributed by atoms with Crippen molar-refractivity contribution in [1.82, 2.24) is 9.97 Å². The lowest BCUT2D eigenvalue weighted by molar-refractivity contribution is 1.20. The van der Waals surface area contributed by atoms with E-state index >= 15 is 0 Å². The highest BCUT2D eigenvalue weighted by Gasteiger charge is 1.94. The fourth-order valence-electron chi connectivity index (χ4n) is 1.04. The summed E-state index contributed by atoms with van der Waals surface area (Å²) < 4.78 is 0. The van der Waals surface area contributed by atoms with E-state index in [1.807, 2.05) is 24.3 Å². The average Bonchev–Trinajstić information content (AvgIpc) is 2.17. The second kappa shape index (κ2) is 2.95. The van der Waals surface area contributed by atoms with Gasteiger partial charge in [0.25, 0.3) is 0 Å². The van der Waals surface area contributed by atoms with Crippen molar-refractivity contribution in [2.24, 2.45) is 0 Å². The summed E-state index contributed by atoms with van der Waals surface area (Å²) in [5.74, 6) is 0.601. The van der Waals surface area contributed by atoms with E-state index in [0.29, 0.717) is 5.82 Å². The summed E-state index contributed by atoms with van der Waals surface area (Å²) in [4.78, 5) is 8.28. The summed E-state index contributed by atoms with van der Waals surface area (Å²) >= 11 is 4.73. The smallest absolute Gasteiger partial charge is 0.163 e. The molecule has 2 nitrogen and oxygen atoms in total. The van der Waals surface area contributed by atoms with Crippen LogP contribution in [0.2, 0.25) is 0 Å². The minimum atomic E-state index is 0.601. The first kappa shape index (κ1) is 7.31. The molecule has 0 radical (unpaired) electrons. The zero-order chi connectivity index (χ0) is 8.39. The molecule has 0 spiro atoms. The normalized spacial score (nSPS) is 10.0. The van der Waals surface area contributed by atoms with Crippen LogP contribution in [0, 0.1) is 0 Å². The highest BCUT2D eigenvalue weighted by atomic mass is 32.1. The topological polar surface area (TPSA) is 25.8 Å². The summed E-state index contributed by atoms with van der Waals surface area (Å²) in [5, 5.41) is 2.52. The van der Waals surface area contributed by atoms with Crippen molar-refractivity contribution < 1.29 is 0 Å². The van der Waals surface area contributed by atoms with Crippen LogP contribution in [0.1, 0.15) is 5.82 Å². The van der Waals surface area contributed by atoms with Crippen molar-refractivity contribution >= 4 is 28.5 Å². The molecule has 0 fully saturated rings. The summed E-state index contributed by atoms with van der Waals surface area (Å²) in [7, 11) is 0. The maximum atomic E-state index is 4.73. The molecule has 0 N–H and O–H groups in total. The Morgan fingerprint density at radius 2 is 2.08 bits per heavy atom. The van der Waals surface area contributed by atoms with E-state index < -0.39 is 0 Å². The van der Waals surface area contributed by atoms with Gasteiger partial charge in [0.05, 0.1) is 5.52 Å². The number of rotatable bonds is 1. The van der Waals surface area contributed by atoms with Crippen LogP contribution in [0.3, 0.4) is 0 Å². The fourth-order valence-corrected chi connectivity index (χ4v) is 1.16. The Balaban J connectivity index is 2.75. The van der Waals surface area contributed by atoms with E-state index in [2.05, 4.69) is 9.97 Å². The number of aromatic nitrogens is 2. The minimum absolute atomic E-state index is 0.601. The van der Waals surface area contributed by atoms with Gasteiger partial charge in [0.15, 0.2) is 5.82 Å². The van der Waals surface area contributed by atoms with Crippen molar-refractivity contribution in [1.29, 1.82) is 0 Å². The van der Waals surface area contributed by atoms with E-state index in [9.17, 15) is 0 Å². The third kappa shape index (κ3) is 1.19. The molecule has 0 unspecified atom stereocenters. The molecule has 0 aliphatic heterocycles. The number of fused-ring (bicyclic) bond motifs is 1. The molecule has 1 heterocycles. The maximum Gasteiger partial charge on any atom is 0.163 e. The van der Waals surface area contributed by atoms with Crippen LogP contribution in [-0.2, 0) is 0 Å². The van der Waals surface area contributed by atoms with Gasteiger partial charge in [-0.15, -0.1) is 0 Å². The lowest BCUT2D eigenvalue weighted by Crippen LogP contribution is -1.90. The van der Waals surface area contributed by atoms with Crippen LogP contribution in [0.4, 0.5) is 0 Å². The van der Waals surface area contributed by atoms with Gasteiger partial charge in [0.2, 0.25) is 0 Å². The molecule has 58 valence electrons. The molecule has 2 rings (SSSR count). The van der Waals surface area contributed by atoms with Crippen LogP contribution < -0.4 is 0 Å². The van der Waals surface area contributed by atoms with E-state index in [-0.39, 0.29) is 0 Å². The lowest BCUT2D eigenvalue weighted by Gasteiger charge is -1.95. The number of hydrogen-bond donors (Lipinski definition) is 0. The predicted octanol–water partition coefficient (Wildman–Crippen LogP) is 1.98. The summed E-state index contributed by atoms with van der Waals surface area (Å²) in [6.45, 7) is 0. The van der Waals surface area contributed by atoms with E-state index in [4.69, 9.17) is 12.2 Å². The van der Waals surface area contributed by atoms with Crippen molar-refractivity contribution in [2.75, 3.05) is 0 Å². The Bertz CT molecular complexity index is 426. The van der Waals surface area contributed by atoms with Crippen molar-refractivity contribution in [3.8, 4) is 0 Å². The summed E-state index contributed by atoms with van der Waals surface area (Å²) in [6, 6.07) is 7.83. The molecule has 1 aromatic heterocycles. The molecular formula is C9H6N2S. The van der Waals surface area contributed by atoms with Gasteiger partial charge in [-0.2, -0.15) is 0 Å². The highest BCUT2D eigenvalue weighted by Crippen LogP contribution is 2.08. The number of thiocarbonyl (C=S) groups is 1. The number of benzene rings is 1. The molecule has 0 aliphatic carbocycles. The van der Waals surface area contributed by atoms with Crippen LogP contribution in [0.5, 0.6) is 0 Å². The molecule has 1 aromatic carbocycles. The Morgan fingerprint density at radius 1 is 1.25 bits per heavy atom. The van der Waals surface area contributed by atoms with Gasteiger partial charge in [-0.25, -0.2) is 9.97 Å². The second-order valence-electron chi connectivity index (χ2n) is 2.40. The lowest BCUT2D eigenvalue weighted by atomic mass is 10.2. The van der Waals surface area contributed by atoms with Crippen LogP contribution >= 0.6 is 12.2 Å². The first-order valence-electron chi connectivity index (χ1n) is 3.57. The molecule has 2 aromatic rings. The van der Waals surface area contributed by atoms with Gasteiger partial charge in [-0.05, 0) is 6.07 Å². The Labute approximate surface area is 75.3 Å². The number of para-hydroxylation sites is 1. The SMILES string of the molecule is S=Cc1ncc2ccccc2n1. The minimum Gasteiger partial charge on any atom is -0.236 e. The molecule has 3 heteroatoms. The quantitative estimate of drug-likeness (QED) is 0.618. The molecule has 0 saturated carbocycles. The third-order valence-corrected chi connectivity index (χ3v) is 1.82. The predicted molar refractivity (Wildman–Crippen MR) is 52.3 cm³/mol. The van der Waals surface area contributed by atoms with Gasteiger partial charge in [-0.3, -0.25) is 0 Å². The Morgan fingerprint density at radius 3 is 2.92 bits per heavy atom. The van der Waals surface area contributed by atoms with Crippen LogP contribution in [0.25, 0.3) is 10.9 Å². The standard InChI is InChI=1S/C9H6N2S/c12-6-9-10-5-7-3-1-2-4-8(7)11-9/h1-6H. The molecule has 12 heavy (non-hydrogen) atoms.